The number of aromatic nitrogens is 1. The van der Waals surface area contributed by atoms with Crippen molar-refractivity contribution in [1.29, 1.82) is 0 Å². The Morgan fingerprint density at radius 3 is 2.45 bits per heavy atom. The molecule has 0 unspecified atom stereocenters. The van der Waals surface area contributed by atoms with Crippen LogP contribution in [0.15, 0.2) is 57.9 Å². The van der Waals surface area contributed by atoms with Crippen LogP contribution in [0.2, 0.25) is 0 Å². The van der Waals surface area contributed by atoms with Gasteiger partial charge in [0.2, 0.25) is 5.91 Å². The highest BCUT2D eigenvalue weighted by atomic mass is 32.2. The van der Waals surface area contributed by atoms with Crippen LogP contribution in [0, 0.1) is 6.92 Å². The minimum absolute atomic E-state index is 0.122. The SMILES string of the molecule is CCC(=O)Nc1c(C)noc1/C=C\c1ccc(S(=O)(=O)Nc2cccc(C(F)(F)F)c2)cc1. The topological polar surface area (TPSA) is 101 Å². The lowest BCUT2D eigenvalue weighted by atomic mass is 10.2. The summed E-state index contributed by atoms with van der Waals surface area (Å²) < 4.78 is 71.0. The molecule has 0 saturated carbocycles. The van der Waals surface area contributed by atoms with Crippen molar-refractivity contribution in [3.63, 3.8) is 0 Å². The third-order valence-electron chi connectivity index (χ3n) is 4.53. The van der Waals surface area contributed by atoms with Crippen LogP contribution < -0.4 is 10.0 Å². The van der Waals surface area contributed by atoms with E-state index in [0.717, 1.165) is 18.2 Å². The van der Waals surface area contributed by atoms with Crippen LogP contribution in [0.4, 0.5) is 24.5 Å². The first-order valence-electron chi connectivity index (χ1n) is 9.74. The average molecular weight is 479 g/mol. The molecule has 0 bridgehead atoms. The second-order valence-corrected chi connectivity index (χ2v) is 8.68. The summed E-state index contributed by atoms with van der Waals surface area (Å²) in [6.07, 6.45) is -1.08. The molecule has 0 spiro atoms. The van der Waals surface area contributed by atoms with Crippen molar-refractivity contribution in [3.05, 3.63) is 71.1 Å². The largest absolute Gasteiger partial charge is 0.416 e. The summed E-state index contributed by atoms with van der Waals surface area (Å²) in [5.74, 6) is 0.135. The predicted octanol–water partition coefficient (Wildman–Crippen LogP) is 5.32. The van der Waals surface area contributed by atoms with Crippen molar-refractivity contribution < 1.29 is 30.9 Å². The molecule has 1 heterocycles. The molecule has 0 fully saturated rings. The Kier molecular flexibility index (Phi) is 6.92. The third-order valence-corrected chi connectivity index (χ3v) is 5.93. The predicted molar refractivity (Wildman–Crippen MR) is 118 cm³/mol. The molecule has 33 heavy (non-hydrogen) atoms. The number of aryl methyl sites for hydroxylation is 1. The molecule has 11 heteroatoms. The van der Waals surface area contributed by atoms with Gasteiger partial charge in [-0.2, -0.15) is 13.2 Å². The number of sulfonamides is 1. The summed E-state index contributed by atoms with van der Waals surface area (Å²) in [5, 5.41) is 6.53. The average Bonchev–Trinajstić information content (AvgIpc) is 3.11. The summed E-state index contributed by atoms with van der Waals surface area (Å²) >= 11 is 0. The van der Waals surface area contributed by atoms with Crippen molar-refractivity contribution in [1.82, 2.24) is 5.16 Å². The van der Waals surface area contributed by atoms with Crippen LogP contribution in [0.25, 0.3) is 12.2 Å². The first-order valence-corrected chi connectivity index (χ1v) is 11.2. The van der Waals surface area contributed by atoms with Crippen molar-refractivity contribution >= 4 is 39.5 Å². The van der Waals surface area contributed by atoms with Gasteiger partial charge in [0.15, 0.2) is 5.76 Å². The molecule has 0 saturated heterocycles. The minimum atomic E-state index is -4.59. The number of halogens is 3. The van der Waals surface area contributed by atoms with E-state index in [2.05, 4.69) is 15.2 Å². The van der Waals surface area contributed by atoms with Gasteiger partial charge in [-0.3, -0.25) is 9.52 Å². The van der Waals surface area contributed by atoms with Gasteiger partial charge in [-0.1, -0.05) is 36.4 Å². The second-order valence-electron chi connectivity index (χ2n) is 7.00. The van der Waals surface area contributed by atoms with Gasteiger partial charge >= 0.3 is 6.18 Å². The minimum Gasteiger partial charge on any atom is -0.354 e. The fraction of sp³-hybridized carbons (Fsp3) is 0.182. The quantitative estimate of drug-likeness (QED) is 0.478. The molecule has 0 radical (unpaired) electrons. The van der Waals surface area contributed by atoms with Crippen molar-refractivity contribution in [2.45, 2.75) is 31.3 Å². The van der Waals surface area contributed by atoms with Gasteiger partial charge < -0.3 is 9.84 Å². The summed E-state index contributed by atoms with van der Waals surface area (Å²) in [6, 6.07) is 9.61. The molecule has 3 aromatic rings. The van der Waals surface area contributed by atoms with Gasteiger partial charge in [0, 0.05) is 12.1 Å². The van der Waals surface area contributed by atoms with Gasteiger partial charge in [-0.25, -0.2) is 8.42 Å². The highest BCUT2D eigenvalue weighted by Crippen LogP contribution is 2.31. The molecule has 1 amide bonds. The number of rotatable bonds is 7. The van der Waals surface area contributed by atoms with E-state index in [1.54, 1.807) is 26.0 Å². The summed E-state index contributed by atoms with van der Waals surface area (Å²) in [4.78, 5) is 11.5. The molecule has 0 aliphatic heterocycles. The molecule has 1 aromatic heterocycles. The lowest BCUT2D eigenvalue weighted by Gasteiger charge is -2.11. The second kappa shape index (κ2) is 9.49. The molecular formula is C22H20F3N3O4S. The van der Waals surface area contributed by atoms with E-state index in [4.69, 9.17) is 4.52 Å². The Balaban J connectivity index is 1.76. The van der Waals surface area contributed by atoms with Crippen LogP contribution in [-0.4, -0.2) is 19.5 Å². The van der Waals surface area contributed by atoms with Crippen molar-refractivity contribution in [2.24, 2.45) is 0 Å². The van der Waals surface area contributed by atoms with E-state index < -0.39 is 21.8 Å². The maximum Gasteiger partial charge on any atom is 0.416 e. The van der Waals surface area contributed by atoms with E-state index in [1.807, 2.05) is 0 Å². The van der Waals surface area contributed by atoms with Crippen LogP contribution in [0.5, 0.6) is 0 Å². The molecule has 2 N–H and O–H groups in total. The van der Waals surface area contributed by atoms with Crippen molar-refractivity contribution in [3.8, 4) is 0 Å². The first kappa shape index (κ1) is 24.1. The number of alkyl halides is 3. The fourth-order valence-electron chi connectivity index (χ4n) is 2.78. The van der Waals surface area contributed by atoms with Crippen LogP contribution in [-0.2, 0) is 21.0 Å². The number of benzene rings is 2. The number of anilines is 2. The maximum atomic E-state index is 12.9. The van der Waals surface area contributed by atoms with Gasteiger partial charge in [-0.15, -0.1) is 0 Å². The number of hydrogen-bond acceptors (Lipinski definition) is 5. The number of nitrogens with zero attached hydrogens (tertiary/aromatic N) is 1. The third kappa shape index (κ3) is 6.01. The number of carbonyl (C=O) groups excluding carboxylic acids is 1. The first-order chi connectivity index (χ1) is 15.5. The summed E-state index contributed by atoms with van der Waals surface area (Å²) in [6.45, 7) is 3.40. The number of nitrogens with one attached hydrogen (secondary N) is 2. The van der Waals surface area contributed by atoms with E-state index in [1.165, 1.54) is 30.3 Å². The number of carbonyl (C=O) groups is 1. The summed E-state index contributed by atoms with van der Waals surface area (Å²) in [7, 11) is -4.10. The summed E-state index contributed by atoms with van der Waals surface area (Å²) in [5.41, 5.74) is 0.424. The molecule has 0 aliphatic rings. The van der Waals surface area contributed by atoms with E-state index in [-0.39, 0.29) is 22.9 Å². The highest BCUT2D eigenvalue weighted by Gasteiger charge is 2.30. The van der Waals surface area contributed by atoms with Crippen LogP contribution >= 0.6 is 0 Å². The highest BCUT2D eigenvalue weighted by molar-refractivity contribution is 7.92. The Bertz CT molecular complexity index is 1280. The number of hydrogen-bond donors (Lipinski definition) is 2. The van der Waals surface area contributed by atoms with Crippen molar-refractivity contribution in [2.75, 3.05) is 10.0 Å². The van der Waals surface area contributed by atoms with Crippen LogP contribution in [0.1, 0.15) is 35.9 Å². The standard InChI is InChI=1S/C22H20F3N3O4S/c1-3-20(29)26-21-14(2)27-32-19(21)12-9-15-7-10-18(11-8-15)33(30,31)28-17-6-4-5-16(13-17)22(23,24)25/h4-13,28H,3H2,1-2H3,(H,26,29)/b12-9-. The molecule has 0 atom stereocenters. The Hall–Kier alpha value is -3.60. The van der Waals surface area contributed by atoms with Gasteiger partial charge in [-0.05, 0) is 48.9 Å². The molecular weight excluding hydrogens is 459 g/mol. The number of amides is 1. The van der Waals surface area contributed by atoms with Gasteiger partial charge in [0.25, 0.3) is 10.0 Å². The van der Waals surface area contributed by atoms with Crippen LogP contribution in [0.3, 0.4) is 0 Å². The molecule has 0 aliphatic carbocycles. The smallest absolute Gasteiger partial charge is 0.354 e. The molecule has 3 rings (SSSR count). The van der Waals surface area contributed by atoms with E-state index in [9.17, 15) is 26.4 Å². The molecule has 174 valence electrons. The molecule has 2 aromatic carbocycles. The zero-order valence-corrected chi connectivity index (χ0v) is 18.4. The maximum absolute atomic E-state index is 12.9. The van der Waals surface area contributed by atoms with E-state index in [0.29, 0.717) is 22.7 Å². The van der Waals surface area contributed by atoms with Gasteiger partial charge in [0.1, 0.15) is 11.4 Å². The lowest BCUT2D eigenvalue weighted by molar-refractivity contribution is -0.137. The Morgan fingerprint density at radius 1 is 1.12 bits per heavy atom. The monoisotopic (exact) mass is 479 g/mol. The zero-order chi connectivity index (χ0) is 24.2. The Labute approximate surface area is 188 Å². The normalized spacial score (nSPS) is 12.2. The van der Waals surface area contributed by atoms with E-state index >= 15 is 0 Å². The molecule has 7 nitrogen and oxygen atoms in total. The van der Waals surface area contributed by atoms with Gasteiger partial charge in [0.05, 0.1) is 10.5 Å². The zero-order valence-electron chi connectivity index (χ0n) is 17.6. The lowest BCUT2D eigenvalue weighted by Crippen LogP contribution is -2.14. The Morgan fingerprint density at radius 2 is 1.82 bits per heavy atom. The fourth-order valence-corrected chi connectivity index (χ4v) is 3.83.